The summed E-state index contributed by atoms with van der Waals surface area (Å²) in [5, 5.41) is 18.8. The molecular weight excluding hydrogens is 303 g/mol. The highest BCUT2D eigenvalue weighted by atomic mass is 35.5. The maximum Gasteiger partial charge on any atom is 0.417 e. The van der Waals surface area contributed by atoms with Gasteiger partial charge in [0.1, 0.15) is 6.10 Å². The van der Waals surface area contributed by atoms with Gasteiger partial charge in [0.2, 0.25) is 0 Å². The van der Waals surface area contributed by atoms with Gasteiger partial charge in [-0.3, -0.25) is 9.78 Å². The molecule has 0 fully saturated rings. The third-order valence-corrected chi connectivity index (χ3v) is 2.75. The Morgan fingerprint density at radius 2 is 2.10 bits per heavy atom. The van der Waals surface area contributed by atoms with Crippen molar-refractivity contribution in [2.75, 3.05) is 7.11 Å². The predicted molar refractivity (Wildman–Crippen MR) is 61.8 cm³/mol. The fourth-order valence-electron chi connectivity index (χ4n) is 1.37. The van der Waals surface area contributed by atoms with E-state index in [2.05, 4.69) is 9.72 Å². The molecule has 2 atom stereocenters. The average Bonchev–Trinajstić information content (AvgIpc) is 2.36. The molecule has 5 nitrogen and oxygen atoms in total. The van der Waals surface area contributed by atoms with E-state index in [1.54, 1.807) is 0 Å². The Labute approximate surface area is 117 Å². The molecular formula is C11H11ClF3NO4. The van der Waals surface area contributed by atoms with Crippen LogP contribution in [-0.4, -0.2) is 34.4 Å². The molecule has 20 heavy (non-hydrogen) atoms. The number of hydrogen-bond donors (Lipinski definition) is 2. The first-order valence-electron chi connectivity index (χ1n) is 5.32. The van der Waals surface area contributed by atoms with Crippen molar-refractivity contribution in [1.82, 2.24) is 4.98 Å². The highest BCUT2D eigenvalue weighted by molar-refractivity contribution is 6.31. The van der Waals surface area contributed by atoms with E-state index < -0.39 is 41.4 Å². The Balaban J connectivity index is 2.94. The Bertz CT molecular complexity index is 495. The number of halogens is 4. The minimum atomic E-state index is -4.62. The zero-order valence-electron chi connectivity index (χ0n) is 10.2. The van der Waals surface area contributed by atoms with Gasteiger partial charge in [-0.05, 0) is 6.07 Å². The van der Waals surface area contributed by atoms with E-state index in [4.69, 9.17) is 11.6 Å². The third-order valence-electron chi connectivity index (χ3n) is 2.45. The van der Waals surface area contributed by atoms with Crippen molar-refractivity contribution in [3.05, 3.63) is 28.5 Å². The number of esters is 1. The number of aliphatic hydroxyl groups excluding tert-OH is 2. The number of rotatable bonds is 4. The maximum absolute atomic E-state index is 12.4. The van der Waals surface area contributed by atoms with Crippen LogP contribution in [0.4, 0.5) is 13.2 Å². The van der Waals surface area contributed by atoms with Crippen LogP contribution in [0.25, 0.3) is 0 Å². The molecule has 1 aromatic heterocycles. The molecule has 0 amide bonds. The lowest BCUT2D eigenvalue weighted by Gasteiger charge is -2.18. The summed E-state index contributed by atoms with van der Waals surface area (Å²) in [6.07, 6.45) is -7.98. The van der Waals surface area contributed by atoms with Gasteiger partial charge < -0.3 is 14.9 Å². The van der Waals surface area contributed by atoms with Crippen molar-refractivity contribution in [3.8, 4) is 0 Å². The van der Waals surface area contributed by atoms with Gasteiger partial charge in [-0.2, -0.15) is 13.2 Å². The van der Waals surface area contributed by atoms with E-state index in [0.717, 1.165) is 7.11 Å². The Hall–Kier alpha value is -1.38. The first kappa shape index (κ1) is 16.7. The van der Waals surface area contributed by atoms with Crippen LogP contribution in [0.1, 0.15) is 23.8 Å². The fourth-order valence-corrected chi connectivity index (χ4v) is 1.65. The lowest BCUT2D eigenvalue weighted by molar-refractivity contribution is -0.144. The monoisotopic (exact) mass is 313 g/mol. The van der Waals surface area contributed by atoms with E-state index in [0.29, 0.717) is 12.3 Å². The van der Waals surface area contributed by atoms with E-state index in [-0.39, 0.29) is 5.69 Å². The second kappa shape index (κ2) is 6.38. The average molecular weight is 314 g/mol. The number of carbonyl (C=O) groups excluding carboxylic acids is 1. The normalized spacial score (nSPS) is 14.8. The maximum atomic E-state index is 12.4. The molecule has 2 N–H and O–H groups in total. The summed E-state index contributed by atoms with van der Waals surface area (Å²) in [5.74, 6) is -0.792. The van der Waals surface area contributed by atoms with Crippen LogP contribution < -0.4 is 0 Å². The molecule has 0 aromatic carbocycles. The SMILES string of the molecule is COC(=O)CC(O)C(O)c1ncc(C(F)(F)F)cc1Cl. The summed E-state index contributed by atoms with van der Waals surface area (Å²) in [6, 6.07) is 0.581. The summed E-state index contributed by atoms with van der Waals surface area (Å²) in [4.78, 5) is 14.3. The number of aliphatic hydroxyl groups is 2. The second-order valence-electron chi connectivity index (χ2n) is 3.88. The van der Waals surface area contributed by atoms with Crippen LogP contribution in [0.5, 0.6) is 0 Å². The van der Waals surface area contributed by atoms with Crippen molar-refractivity contribution in [2.24, 2.45) is 0 Å². The van der Waals surface area contributed by atoms with E-state index in [9.17, 15) is 28.2 Å². The second-order valence-corrected chi connectivity index (χ2v) is 4.29. The van der Waals surface area contributed by atoms with E-state index >= 15 is 0 Å². The van der Waals surface area contributed by atoms with Crippen LogP contribution in [0.2, 0.25) is 5.02 Å². The number of pyridine rings is 1. The molecule has 0 aliphatic rings. The van der Waals surface area contributed by atoms with Crippen molar-refractivity contribution < 1.29 is 32.9 Å². The molecule has 1 aromatic rings. The Morgan fingerprint density at radius 1 is 1.50 bits per heavy atom. The van der Waals surface area contributed by atoms with Gasteiger partial charge in [0.15, 0.2) is 0 Å². The van der Waals surface area contributed by atoms with Crippen LogP contribution in [0.3, 0.4) is 0 Å². The summed E-state index contributed by atoms with van der Waals surface area (Å²) >= 11 is 5.60. The lowest BCUT2D eigenvalue weighted by atomic mass is 10.1. The van der Waals surface area contributed by atoms with E-state index in [1.165, 1.54) is 0 Å². The number of ether oxygens (including phenoxy) is 1. The molecule has 2 unspecified atom stereocenters. The molecule has 0 radical (unpaired) electrons. The molecule has 0 aliphatic carbocycles. The van der Waals surface area contributed by atoms with Crippen molar-refractivity contribution in [3.63, 3.8) is 0 Å². The molecule has 1 heterocycles. The Kier molecular flexibility index (Phi) is 5.32. The van der Waals surface area contributed by atoms with Gasteiger partial charge in [0.25, 0.3) is 0 Å². The smallest absolute Gasteiger partial charge is 0.417 e. The minimum Gasteiger partial charge on any atom is -0.469 e. The summed E-state index contributed by atoms with van der Waals surface area (Å²) in [7, 11) is 1.09. The van der Waals surface area contributed by atoms with Gasteiger partial charge in [0, 0.05) is 6.20 Å². The van der Waals surface area contributed by atoms with Crippen molar-refractivity contribution in [2.45, 2.75) is 24.8 Å². The van der Waals surface area contributed by atoms with Crippen LogP contribution >= 0.6 is 11.6 Å². The lowest BCUT2D eigenvalue weighted by Crippen LogP contribution is -2.24. The fraction of sp³-hybridized carbons (Fsp3) is 0.455. The van der Waals surface area contributed by atoms with Crippen LogP contribution in [-0.2, 0) is 15.7 Å². The predicted octanol–water partition coefficient (Wildman–Crippen LogP) is 1.71. The zero-order valence-corrected chi connectivity index (χ0v) is 10.9. The Morgan fingerprint density at radius 3 is 2.55 bits per heavy atom. The molecule has 0 bridgehead atoms. The molecule has 0 spiro atoms. The molecule has 0 saturated heterocycles. The third kappa shape index (κ3) is 4.06. The van der Waals surface area contributed by atoms with Gasteiger partial charge in [0.05, 0.1) is 35.9 Å². The largest absolute Gasteiger partial charge is 0.469 e. The van der Waals surface area contributed by atoms with Crippen LogP contribution in [0, 0.1) is 0 Å². The summed E-state index contributed by atoms with van der Waals surface area (Å²) in [5.41, 5.74) is -1.43. The minimum absolute atomic E-state index is 0.351. The van der Waals surface area contributed by atoms with Gasteiger partial charge in [-0.25, -0.2) is 0 Å². The van der Waals surface area contributed by atoms with Gasteiger partial charge in [-0.15, -0.1) is 0 Å². The molecule has 112 valence electrons. The van der Waals surface area contributed by atoms with Crippen LogP contribution in [0.15, 0.2) is 12.3 Å². The first-order chi connectivity index (χ1) is 9.16. The number of alkyl halides is 3. The highest BCUT2D eigenvalue weighted by Gasteiger charge is 2.33. The topological polar surface area (TPSA) is 79.7 Å². The van der Waals surface area contributed by atoms with Gasteiger partial charge >= 0.3 is 12.1 Å². The first-order valence-corrected chi connectivity index (χ1v) is 5.70. The molecule has 0 saturated carbocycles. The standard InChI is InChI=1S/C11H11ClF3NO4/c1-20-8(18)3-7(17)10(19)9-6(12)2-5(4-16-9)11(13,14)15/h2,4,7,10,17,19H,3H2,1H3. The highest BCUT2D eigenvalue weighted by Crippen LogP contribution is 2.33. The number of methoxy groups -OCH3 is 1. The van der Waals surface area contributed by atoms with E-state index in [1.807, 2.05) is 0 Å². The summed E-state index contributed by atoms with van der Waals surface area (Å²) < 4.78 is 41.5. The van der Waals surface area contributed by atoms with Gasteiger partial charge in [-0.1, -0.05) is 11.6 Å². The van der Waals surface area contributed by atoms with Crippen molar-refractivity contribution in [1.29, 1.82) is 0 Å². The molecule has 0 aliphatic heterocycles. The van der Waals surface area contributed by atoms with Crippen molar-refractivity contribution >= 4 is 17.6 Å². The molecule has 9 heteroatoms. The zero-order chi connectivity index (χ0) is 15.5. The number of nitrogens with zero attached hydrogens (tertiary/aromatic N) is 1. The summed E-state index contributed by atoms with van der Waals surface area (Å²) in [6.45, 7) is 0. The quantitative estimate of drug-likeness (QED) is 0.827. The number of carbonyl (C=O) groups is 1. The number of aromatic nitrogens is 1. The number of hydrogen-bond acceptors (Lipinski definition) is 5. The molecule has 1 rings (SSSR count).